The van der Waals surface area contributed by atoms with Gasteiger partial charge in [0.1, 0.15) is 0 Å². The number of nitrogens with zero attached hydrogens (tertiary/aromatic N) is 1. The van der Waals surface area contributed by atoms with Crippen LogP contribution >= 0.6 is 0 Å². The van der Waals surface area contributed by atoms with Gasteiger partial charge in [0.15, 0.2) is 0 Å². The molecular weight excluding hydrogens is 647 g/mol. The highest BCUT2D eigenvalue weighted by molar-refractivity contribution is 5.69. The summed E-state index contributed by atoms with van der Waals surface area (Å²) in [7, 11) is 0. The number of hydrogen-bond donors (Lipinski definition) is 1. The van der Waals surface area contributed by atoms with Crippen molar-refractivity contribution in [3.05, 3.63) is 0 Å². The van der Waals surface area contributed by atoms with E-state index in [9.17, 15) is 14.7 Å². The minimum Gasteiger partial charge on any atom is -0.465 e. The van der Waals surface area contributed by atoms with Crippen LogP contribution in [0.4, 0.5) is 0 Å². The molecule has 310 valence electrons. The van der Waals surface area contributed by atoms with E-state index in [0.717, 1.165) is 45.3 Å². The van der Waals surface area contributed by atoms with E-state index in [-0.39, 0.29) is 18.5 Å². The average Bonchev–Trinajstić information content (AvgIpc) is 3.14. The first-order valence-corrected chi connectivity index (χ1v) is 23.1. The quantitative estimate of drug-likeness (QED) is 0.0496. The molecule has 1 N–H and O–H groups in total. The predicted octanol–water partition coefficient (Wildman–Crippen LogP) is 13.2. The van der Waals surface area contributed by atoms with Gasteiger partial charge in [0, 0.05) is 19.4 Å². The SMILES string of the molecule is CCCCCCCCC(CCCCCCC)COC(=O)CCCN(CCCCO)CCCC(=O)OCC(CCCCCCC)CCCCCCCC. The second-order valence-corrected chi connectivity index (χ2v) is 16.1. The zero-order chi connectivity index (χ0) is 38.2. The third kappa shape index (κ3) is 35.9. The van der Waals surface area contributed by atoms with Gasteiger partial charge in [-0.25, -0.2) is 0 Å². The van der Waals surface area contributed by atoms with E-state index in [1.54, 1.807) is 0 Å². The maximum Gasteiger partial charge on any atom is 0.305 e. The maximum atomic E-state index is 12.8. The van der Waals surface area contributed by atoms with Crippen LogP contribution < -0.4 is 0 Å². The highest BCUT2D eigenvalue weighted by Crippen LogP contribution is 2.21. The number of carbonyl (C=O) groups excluding carboxylic acids is 2. The summed E-state index contributed by atoms with van der Waals surface area (Å²) < 4.78 is 11.7. The Kier molecular flexibility index (Phi) is 40.1. The molecule has 52 heavy (non-hydrogen) atoms. The molecule has 6 nitrogen and oxygen atoms in total. The summed E-state index contributed by atoms with van der Waals surface area (Å²) in [6.07, 6.45) is 37.3. The summed E-state index contributed by atoms with van der Waals surface area (Å²) in [5.41, 5.74) is 0. The monoisotopic (exact) mass is 738 g/mol. The number of carbonyl (C=O) groups is 2. The molecule has 0 bridgehead atoms. The molecule has 0 aromatic carbocycles. The second kappa shape index (κ2) is 41.0. The number of rotatable bonds is 42. The molecule has 2 unspecified atom stereocenters. The van der Waals surface area contributed by atoms with E-state index in [1.807, 2.05) is 0 Å². The molecule has 0 saturated carbocycles. The average molecular weight is 738 g/mol. The largest absolute Gasteiger partial charge is 0.465 e. The van der Waals surface area contributed by atoms with Gasteiger partial charge in [-0.1, -0.05) is 169 Å². The van der Waals surface area contributed by atoms with Gasteiger partial charge in [-0.05, 0) is 82.8 Å². The van der Waals surface area contributed by atoms with Crippen LogP contribution in [0, 0.1) is 11.8 Å². The number of aliphatic hydroxyl groups is 1. The summed E-state index contributed by atoms with van der Waals surface area (Å²) >= 11 is 0. The molecule has 0 aromatic rings. The van der Waals surface area contributed by atoms with Gasteiger partial charge in [0.25, 0.3) is 0 Å². The van der Waals surface area contributed by atoms with Crippen molar-refractivity contribution in [2.75, 3.05) is 39.5 Å². The van der Waals surface area contributed by atoms with Gasteiger partial charge < -0.3 is 19.5 Å². The first kappa shape index (κ1) is 50.9. The van der Waals surface area contributed by atoms with E-state index < -0.39 is 0 Å². The summed E-state index contributed by atoms with van der Waals surface area (Å²) in [6, 6.07) is 0. The van der Waals surface area contributed by atoms with E-state index in [1.165, 1.54) is 167 Å². The molecule has 0 rings (SSSR count). The van der Waals surface area contributed by atoms with Crippen LogP contribution in [0.15, 0.2) is 0 Å². The molecule has 0 heterocycles. The molecular formula is C46H91NO5. The lowest BCUT2D eigenvalue weighted by Gasteiger charge is -2.22. The molecule has 0 amide bonds. The van der Waals surface area contributed by atoms with Crippen LogP contribution in [0.5, 0.6) is 0 Å². The van der Waals surface area contributed by atoms with Crippen LogP contribution in [0.2, 0.25) is 0 Å². The summed E-state index contributed by atoms with van der Waals surface area (Å²) in [4.78, 5) is 27.9. The predicted molar refractivity (Wildman–Crippen MR) is 223 cm³/mol. The lowest BCUT2D eigenvalue weighted by Crippen LogP contribution is -2.28. The van der Waals surface area contributed by atoms with Crippen molar-refractivity contribution in [3.63, 3.8) is 0 Å². The Morgan fingerprint density at radius 3 is 1.06 bits per heavy atom. The second-order valence-electron chi connectivity index (χ2n) is 16.1. The Balaban J connectivity index is 4.65. The highest BCUT2D eigenvalue weighted by Gasteiger charge is 2.15. The van der Waals surface area contributed by atoms with E-state index in [2.05, 4.69) is 32.6 Å². The van der Waals surface area contributed by atoms with Crippen LogP contribution in [0.3, 0.4) is 0 Å². The van der Waals surface area contributed by atoms with Crippen molar-refractivity contribution >= 4 is 11.9 Å². The van der Waals surface area contributed by atoms with Gasteiger partial charge in [-0.3, -0.25) is 9.59 Å². The molecule has 6 heteroatoms. The lowest BCUT2D eigenvalue weighted by molar-refractivity contribution is -0.146. The zero-order valence-electron chi connectivity index (χ0n) is 35.6. The van der Waals surface area contributed by atoms with Crippen LogP contribution in [-0.4, -0.2) is 61.4 Å². The fourth-order valence-electron chi connectivity index (χ4n) is 7.36. The van der Waals surface area contributed by atoms with Crippen molar-refractivity contribution in [1.82, 2.24) is 4.90 Å². The Morgan fingerprint density at radius 2 is 0.731 bits per heavy atom. The Bertz CT molecular complexity index is 690. The maximum absolute atomic E-state index is 12.8. The molecule has 0 spiro atoms. The number of aliphatic hydroxyl groups excluding tert-OH is 1. The topological polar surface area (TPSA) is 76.1 Å². The number of esters is 2. The minimum absolute atomic E-state index is 0.0707. The Morgan fingerprint density at radius 1 is 0.423 bits per heavy atom. The number of unbranched alkanes of at least 4 members (excludes halogenated alkanes) is 19. The number of ether oxygens (including phenoxy) is 2. The lowest BCUT2D eigenvalue weighted by atomic mass is 9.95. The summed E-state index contributed by atoms with van der Waals surface area (Å²) in [5.74, 6) is 0.837. The molecule has 0 aliphatic rings. The third-order valence-electron chi connectivity index (χ3n) is 10.9. The zero-order valence-corrected chi connectivity index (χ0v) is 35.6. The molecule has 0 saturated heterocycles. The third-order valence-corrected chi connectivity index (χ3v) is 10.9. The van der Waals surface area contributed by atoms with Crippen LogP contribution in [-0.2, 0) is 19.1 Å². The van der Waals surface area contributed by atoms with E-state index in [0.29, 0.717) is 37.9 Å². The first-order chi connectivity index (χ1) is 25.5. The van der Waals surface area contributed by atoms with Crippen molar-refractivity contribution < 1.29 is 24.2 Å². The minimum atomic E-state index is -0.0707. The highest BCUT2D eigenvalue weighted by atomic mass is 16.5. The van der Waals surface area contributed by atoms with Gasteiger partial charge >= 0.3 is 11.9 Å². The molecule has 0 radical (unpaired) electrons. The molecule has 0 aromatic heterocycles. The molecule has 0 aliphatic heterocycles. The Hall–Kier alpha value is -1.14. The standard InChI is InChI=1S/C46H91NO5/c1-5-9-13-17-21-25-33-43(31-23-19-15-11-7-3)41-51-45(49)35-29-38-47(37-27-28-40-48)39-30-36-46(50)52-42-44(32-24-20-16-12-8-4)34-26-22-18-14-10-6-2/h43-44,48H,5-42H2,1-4H3. The molecule has 0 aliphatic carbocycles. The normalized spacial score (nSPS) is 12.7. The van der Waals surface area contributed by atoms with Gasteiger partial charge in [0.2, 0.25) is 0 Å². The molecule has 0 fully saturated rings. The fourth-order valence-corrected chi connectivity index (χ4v) is 7.36. The van der Waals surface area contributed by atoms with Gasteiger partial charge in [-0.15, -0.1) is 0 Å². The van der Waals surface area contributed by atoms with E-state index in [4.69, 9.17) is 9.47 Å². The van der Waals surface area contributed by atoms with Crippen molar-refractivity contribution in [2.45, 2.75) is 233 Å². The first-order valence-electron chi connectivity index (χ1n) is 23.1. The van der Waals surface area contributed by atoms with Crippen molar-refractivity contribution in [3.8, 4) is 0 Å². The van der Waals surface area contributed by atoms with Gasteiger partial charge in [-0.2, -0.15) is 0 Å². The van der Waals surface area contributed by atoms with Crippen molar-refractivity contribution in [1.29, 1.82) is 0 Å². The smallest absolute Gasteiger partial charge is 0.305 e. The van der Waals surface area contributed by atoms with Crippen LogP contribution in [0.25, 0.3) is 0 Å². The summed E-state index contributed by atoms with van der Waals surface area (Å²) in [6.45, 7) is 12.9. The molecule has 2 atom stereocenters. The van der Waals surface area contributed by atoms with Gasteiger partial charge in [0.05, 0.1) is 13.2 Å². The summed E-state index contributed by atoms with van der Waals surface area (Å²) in [5, 5.41) is 9.33. The number of hydrogen-bond acceptors (Lipinski definition) is 6. The van der Waals surface area contributed by atoms with Crippen LogP contribution in [0.1, 0.15) is 233 Å². The van der Waals surface area contributed by atoms with Crippen molar-refractivity contribution in [2.24, 2.45) is 11.8 Å². The fraction of sp³-hybridized carbons (Fsp3) is 0.957. The Labute approximate surface area is 324 Å². The van der Waals surface area contributed by atoms with E-state index >= 15 is 0 Å².